The third kappa shape index (κ3) is 3.37. The van der Waals surface area contributed by atoms with Crippen molar-refractivity contribution in [1.82, 2.24) is 0 Å². The number of hydrogen-bond donors (Lipinski definition) is 2. The molecule has 0 aromatic heterocycles. The molecule has 1 heterocycles. The van der Waals surface area contributed by atoms with Crippen molar-refractivity contribution in [2.24, 2.45) is 11.8 Å². The summed E-state index contributed by atoms with van der Waals surface area (Å²) in [5, 5.41) is 19.7. The summed E-state index contributed by atoms with van der Waals surface area (Å²) in [6, 6.07) is 0. The maximum atomic E-state index is 11.2. The van der Waals surface area contributed by atoms with E-state index in [2.05, 4.69) is 11.8 Å². The fraction of sp³-hybridized carbons (Fsp3) is 0.667. The van der Waals surface area contributed by atoms with Gasteiger partial charge in [-0.05, 0) is 0 Å². The van der Waals surface area contributed by atoms with Crippen LogP contribution in [0.2, 0.25) is 0 Å². The highest BCUT2D eigenvalue weighted by molar-refractivity contribution is 5.72. The average molecular weight is 264 g/mol. The molecule has 2 fully saturated rings. The van der Waals surface area contributed by atoms with Crippen molar-refractivity contribution in [3.05, 3.63) is 12.2 Å². The molecule has 0 aromatic carbocycles. The molecule has 104 valence electrons. The zero-order valence-corrected chi connectivity index (χ0v) is 11.1. The van der Waals surface area contributed by atoms with Crippen molar-refractivity contribution in [3.8, 4) is 11.8 Å². The van der Waals surface area contributed by atoms with Crippen LogP contribution < -0.4 is 0 Å². The Labute approximate surface area is 113 Å². The second kappa shape index (κ2) is 6.23. The van der Waals surface area contributed by atoms with Crippen LogP contribution in [-0.2, 0) is 9.53 Å². The number of aliphatic hydroxyl groups is 2. The van der Waals surface area contributed by atoms with Gasteiger partial charge in [-0.25, -0.2) is 0 Å². The van der Waals surface area contributed by atoms with Crippen LogP contribution in [0.15, 0.2) is 12.2 Å². The van der Waals surface area contributed by atoms with E-state index < -0.39 is 12.2 Å². The summed E-state index contributed by atoms with van der Waals surface area (Å²) in [6.45, 7) is 1.96. The first kappa shape index (κ1) is 14.1. The van der Waals surface area contributed by atoms with Crippen LogP contribution in [-0.4, -0.2) is 34.5 Å². The molecule has 1 saturated carbocycles. The van der Waals surface area contributed by atoms with Crippen molar-refractivity contribution in [1.29, 1.82) is 0 Å². The lowest BCUT2D eigenvalue weighted by Gasteiger charge is -2.14. The molecule has 0 spiro atoms. The van der Waals surface area contributed by atoms with Crippen LogP contribution in [0.1, 0.15) is 32.6 Å². The molecule has 0 unspecified atom stereocenters. The molecule has 4 nitrogen and oxygen atoms in total. The van der Waals surface area contributed by atoms with Gasteiger partial charge in [0.1, 0.15) is 6.10 Å². The fourth-order valence-corrected chi connectivity index (χ4v) is 2.81. The smallest absolute Gasteiger partial charge is 0.306 e. The second-order valence-electron chi connectivity index (χ2n) is 5.14. The number of esters is 1. The lowest BCUT2D eigenvalue weighted by atomic mass is 9.91. The Morgan fingerprint density at radius 3 is 3.05 bits per heavy atom. The first-order valence-electron chi connectivity index (χ1n) is 6.81. The van der Waals surface area contributed by atoms with E-state index in [1.54, 1.807) is 6.08 Å². The zero-order valence-electron chi connectivity index (χ0n) is 11.1. The molecule has 0 radical (unpaired) electrons. The predicted octanol–water partition coefficient (Wildman–Crippen LogP) is 1.02. The quantitative estimate of drug-likeness (QED) is 0.454. The predicted molar refractivity (Wildman–Crippen MR) is 69.9 cm³/mol. The van der Waals surface area contributed by atoms with Gasteiger partial charge >= 0.3 is 5.97 Å². The number of aliphatic hydroxyl groups excluding tert-OH is 2. The van der Waals surface area contributed by atoms with Crippen LogP contribution in [0, 0.1) is 23.7 Å². The fourth-order valence-electron chi connectivity index (χ4n) is 2.81. The summed E-state index contributed by atoms with van der Waals surface area (Å²) in [4.78, 5) is 11.2. The minimum Gasteiger partial charge on any atom is -0.462 e. The topological polar surface area (TPSA) is 66.8 Å². The largest absolute Gasteiger partial charge is 0.462 e. The molecule has 1 aliphatic carbocycles. The molecule has 0 amide bonds. The van der Waals surface area contributed by atoms with Crippen LogP contribution in [0.3, 0.4) is 0 Å². The summed E-state index contributed by atoms with van der Waals surface area (Å²) in [5.74, 6) is 5.54. The molecule has 0 bridgehead atoms. The van der Waals surface area contributed by atoms with E-state index in [9.17, 15) is 15.0 Å². The second-order valence-corrected chi connectivity index (χ2v) is 5.14. The first-order valence-corrected chi connectivity index (χ1v) is 6.81. The maximum absolute atomic E-state index is 11.2. The molecule has 1 saturated heterocycles. The lowest BCUT2D eigenvalue weighted by molar-refractivity contribution is -0.141. The van der Waals surface area contributed by atoms with E-state index in [0.717, 1.165) is 6.42 Å². The van der Waals surface area contributed by atoms with E-state index >= 15 is 0 Å². The van der Waals surface area contributed by atoms with E-state index in [0.29, 0.717) is 19.3 Å². The van der Waals surface area contributed by atoms with Gasteiger partial charge in [0.2, 0.25) is 0 Å². The molecule has 4 heteroatoms. The first-order chi connectivity index (χ1) is 9.11. The Hall–Kier alpha value is -1.31. The van der Waals surface area contributed by atoms with Gasteiger partial charge in [-0.1, -0.05) is 19.1 Å². The summed E-state index contributed by atoms with van der Waals surface area (Å²) in [5.41, 5.74) is 0. The van der Waals surface area contributed by atoms with Gasteiger partial charge in [-0.3, -0.25) is 4.79 Å². The van der Waals surface area contributed by atoms with Gasteiger partial charge in [0, 0.05) is 31.1 Å². The third-order valence-electron chi connectivity index (χ3n) is 3.74. The van der Waals surface area contributed by atoms with Gasteiger partial charge in [0.05, 0.1) is 18.6 Å². The summed E-state index contributed by atoms with van der Waals surface area (Å²) >= 11 is 0. The molecular formula is C15H20O4. The molecule has 0 aromatic rings. The summed E-state index contributed by atoms with van der Waals surface area (Å²) in [6.07, 6.45) is 4.25. The highest BCUT2D eigenvalue weighted by atomic mass is 16.6. The third-order valence-corrected chi connectivity index (χ3v) is 3.74. The van der Waals surface area contributed by atoms with E-state index in [1.165, 1.54) is 0 Å². The number of ether oxygens (including phenoxy) is 1. The van der Waals surface area contributed by atoms with Crippen molar-refractivity contribution in [2.45, 2.75) is 50.9 Å². The Bertz CT molecular complexity index is 418. The van der Waals surface area contributed by atoms with Crippen LogP contribution >= 0.6 is 0 Å². The maximum Gasteiger partial charge on any atom is 0.306 e. The number of rotatable bonds is 3. The number of carbonyl (C=O) groups is 1. The van der Waals surface area contributed by atoms with Gasteiger partial charge in [0.15, 0.2) is 0 Å². The highest BCUT2D eigenvalue weighted by Gasteiger charge is 2.48. The normalized spacial score (nSPS) is 34.8. The number of carbonyl (C=O) groups excluding carboxylic acids is 1. The molecule has 2 aliphatic rings. The molecule has 19 heavy (non-hydrogen) atoms. The van der Waals surface area contributed by atoms with Crippen LogP contribution in [0.25, 0.3) is 0 Å². The standard InChI is InChI=1S/C15H20O4/c1-2-3-4-5-10(16)6-7-11-12-8-15(18)19-14(12)9-13(11)17/h6-7,10-14,16-17H,2,5,8-9H2,1H3/t10-,11+,12+,13+,14-/m0/s1. The van der Waals surface area contributed by atoms with Crippen LogP contribution in [0.4, 0.5) is 0 Å². The van der Waals surface area contributed by atoms with Crippen LogP contribution in [0.5, 0.6) is 0 Å². The van der Waals surface area contributed by atoms with Gasteiger partial charge in [0.25, 0.3) is 0 Å². The molecular weight excluding hydrogens is 244 g/mol. The number of fused-ring (bicyclic) bond motifs is 1. The van der Waals surface area contributed by atoms with Crippen molar-refractivity contribution < 1.29 is 19.7 Å². The van der Waals surface area contributed by atoms with E-state index in [-0.39, 0.29) is 23.9 Å². The van der Waals surface area contributed by atoms with Gasteiger partial charge in [-0.2, -0.15) is 0 Å². The molecule has 2 rings (SSSR count). The summed E-state index contributed by atoms with van der Waals surface area (Å²) in [7, 11) is 0. The molecule has 5 atom stereocenters. The van der Waals surface area contributed by atoms with Gasteiger partial charge < -0.3 is 14.9 Å². The van der Waals surface area contributed by atoms with E-state index in [1.807, 2.05) is 13.0 Å². The Morgan fingerprint density at radius 2 is 2.32 bits per heavy atom. The number of hydrogen-bond acceptors (Lipinski definition) is 4. The Balaban J connectivity index is 1.92. The zero-order chi connectivity index (χ0) is 13.8. The van der Waals surface area contributed by atoms with Crippen molar-refractivity contribution in [3.63, 3.8) is 0 Å². The van der Waals surface area contributed by atoms with Crippen molar-refractivity contribution >= 4 is 5.97 Å². The van der Waals surface area contributed by atoms with Crippen molar-refractivity contribution in [2.75, 3.05) is 0 Å². The lowest BCUT2D eigenvalue weighted by Crippen LogP contribution is -2.18. The van der Waals surface area contributed by atoms with Gasteiger partial charge in [-0.15, -0.1) is 11.8 Å². The minimum absolute atomic E-state index is 0.0488. The summed E-state index contributed by atoms with van der Waals surface area (Å²) < 4.78 is 5.15. The molecule has 2 N–H and O–H groups in total. The van der Waals surface area contributed by atoms with E-state index in [4.69, 9.17) is 4.74 Å². The molecule has 1 aliphatic heterocycles. The average Bonchev–Trinajstić information content (AvgIpc) is 2.82. The Kier molecular flexibility index (Phi) is 4.62. The highest BCUT2D eigenvalue weighted by Crippen LogP contribution is 2.42. The monoisotopic (exact) mass is 264 g/mol. The SMILES string of the molecule is CCC#CC[C@H](O)C=C[C@@H]1[C@H]2CC(=O)O[C@H]2C[C@H]1O. The Morgan fingerprint density at radius 1 is 1.53 bits per heavy atom. The minimum atomic E-state index is -0.622.